The maximum Gasteiger partial charge on any atom is 0.127 e. The molecule has 0 amide bonds. The van der Waals surface area contributed by atoms with Gasteiger partial charge in [0.05, 0.1) is 59.5 Å². The predicted molar refractivity (Wildman–Crippen MR) is 121 cm³/mol. The van der Waals surface area contributed by atoms with Gasteiger partial charge in [0.15, 0.2) is 0 Å². The first kappa shape index (κ1) is 26.8. The normalized spacial score (nSPS) is 10.9. The molecule has 184 valence electrons. The Hall–Kier alpha value is -2.40. The van der Waals surface area contributed by atoms with Gasteiger partial charge >= 0.3 is 0 Å². The van der Waals surface area contributed by atoms with Crippen LogP contribution in [0.15, 0.2) is 42.5 Å². The van der Waals surface area contributed by atoms with Crippen LogP contribution in [0.4, 0.5) is 0 Å². The molecule has 0 saturated carbocycles. The zero-order valence-corrected chi connectivity index (χ0v) is 18.8. The fourth-order valence-electron chi connectivity index (χ4n) is 2.81. The molecule has 9 nitrogen and oxygen atoms in total. The largest absolute Gasteiger partial charge is 0.491 e. The second-order valence-electron chi connectivity index (χ2n) is 6.80. The van der Waals surface area contributed by atoms with E-state index in [-0.39, 0.29) is 33.0 Å². The highest BCUT2D eigenvalue weighted by Gasteiger charge is 2.08. The number of aliphatic hydroxyl groups is 3. The van der Waals surface area contributed by atoms with E-state index in [4.69, 9.17) is 43.7 Å². The topological polar surface area (TPSA) is 116 Å². The summed E-state index contributed by atoms with van der Waals surface area (Å²) in [6.45, 7) is 2.79. The number of hydrogen-bond acceptors (Lipinski definition) is 9. The van der Waals surface area contributed by atoms with Crippen LogP contribution in [0.1, 0.15) is 5.56 Å². The van der Waals surface area contributed by atoms with E-state index in [1.54, 1.807) is 0 Å². The summed E-state index contributed by atoms with van der Waals surface area (Å²) in [5.74, 6) is 2.72. The lowest BCUT2D eigenvalue weighted by molar-refractivity contribution is 0.0698. The zero-order chi connectivity index (χ0) is 23.6. The molecule has 0 aliphatic heterocycles. The third kappa shape index (κ3) is 11.3. The van der Waals surface area contributed by atoms with Gasteiger partial charge in [-0.3, -0.25) is 0 Å². The van der Waals surface area contributed by atoms with Crippen LogP contribution in [0.2, 0.25) is 0 Å². The summed E-state index contributed by atoms with van der Waals surface area (Å²) in [7, 11) is 0. The van der Waals surface area contributed by atoms with E-state index in [1.165, 1.54) is 0 Å². The molecule has 0 fully saturated rings. The van der Waals surface area contributed by atoms with Crippen LogP contribution in [0.25, 0.3) is 0 Å². The molecule has 0 spiro atoms. The van der Waals surface area contributed by atoms with Gasteiger partial charge in [0, 0.05) is 5.56 Å². The van der Waals surface area contributed by atoms with E-state index in [0.717, 1.165) is 5.56 Å². The minimum atomic E-state index is -0.0237. The van der Waals surface area contributed by atoms with Gasteiger partial charge in [0.1, 0.15) is 36.2 Å². The second-order valence-corrected chi connectivity index (χ2v) is 6.80. The standard InChI is InChI=1S/C24H34O9/c25-8-12-28-11-7-20-19-23(5-6-24(20)32-18-16-30-14-10-27)33-22-3-1-21(2-4-22)31-17-15-29-13-9-26/h1-6,19,25-27H,7-18H2. The number of aliphatic hydroxyl groups excluding tert-OH is 3. The molecular formula is C24H34O9. The Kier molecular flexibility index (Phi) is 13.9. The van der Waals surface area contributed by atoms with Gasteiger partial charge in [-0.05, 0) is 48.9 Å². The van der Waals surface area contributed by atoms with Crippen LogP contribution in [0.3, 0.4) is 0 Å². The van der Waals surface area contributed by atoms with Crippen LogP contribution in [0, 0.1) is 0 Å². The molecule has 0 aliphatic carbocycles. The van der Waals surface area contributed by atoms with Gasteiger partial charge < -0.3 is 43.7 Å². The minimum absolute atomic E-state index is 0.00438. The van der Waals surface area contributed by atoms with E-state index >= 15 is 0 Å². The number of ether oxygens (including phenoxy) is 6. The van der Waals surface area contributed by atoms with Gasteiger partial charge in [-0.2, -0.15) is 0 Å². The average molecular weight is 467 g/mol. The van der Waals surface area contributed by atoms with Gasteiger partial charge in [-0.25, -0.2) is 0 Å². The van der Waals surface area contributed by atoms with E-state index in [9.17, 15) is 0 Å². The first-order valence-electron chi connectivity index (χ1n) is 11.0. The molecule has 2 rings (SSSR count). The van der Waals surface area contributed by atoms with Gasteiger partial charge in [0.2, 0.25) is 0 Å². The van der Waals surface area contributed by atoms with E-state index < -0.39 is 0 Å². The maximum atomic E-state index is 8.89. The highest BCUT2D eigenvalue weighted by molar-refractivity contribution is 5.43. The highest BCUT2D eigenvalue weighted by atomic mass is 16.5. The third-order valence-electron chi connectivity index (χ3n) is 4.30. The van der Waals surface area contributed by atoms with Crippen molar-refractivity contribution in [2.24, 2.45) is 0 Å². The Morgan fingerprint density at radius 3 is 1.70 bits per heavy atom. The molecule has 0 saturated heterocycles. The van der Waals surface area contributed by atoms with Crippen molar-refractivity contribution in [1.82, 2.24) is 0 Å². The van der Waals surface area contributed by atoms with Gasteiger partial charge in [0.25, 0.3) is 0 Å². The summed E-state index contributed by atoms with van der Waals surface area (Å²) in [5.41, 5.74) is 0.912. The SMILES string of the molecule is OCCOCCOc1ccc(Oc2ccc(OCCOCCO)c(CCOCCO)c2)cc1. The van der Waals surface area contributed by atoms with E-state index in [0.29, 0.717) is 69.1 Å². The van der Waals surface area contributed by atoms with Crippen molar-refractivity contribution in [3.63, 3.8) is 0 Å². The molecule has 0 bridgehead atoms. The van der Waals surface area contributed by atoms with Crippen molar-refractivity contribution in [1.29, 1.82) is 0 Å². The summed E-state index contributed by atoms with van der Waals surface area (Å²) in [6, 6.07) is 12.8. The molecule has 0 aliphatic rings. The smallest absolute Gasteiger partial charge is 0.127 e. The molecule has 0 heterocycles. The number of benzene rings is 2. The summed E-state index contributed by atoms with van der Waals surface area (Å²) in [5, 5.41) is 26.3. The molecular weight excluding hydrogens is 432 g/mol. The molecule has 0 unspecified atom stereocenters. The Morgan fingerprint density at radius 2 is 1.06 bits per heavy atom. The minimum Gasteiger partial charge on any atom is -0.491 e. The van der Waals surface area contributed by atoms with E-state index in [1.807, 2.05) is 42.5 Å². The lowest BCUT2D eigenvalue weighted by atomic mass is 10.1. The molecule has 33 heavy (non-hydrogen) atoms. The zero-order valence-electron chi connectivity index (χ0n) is 18.8. The van der Waals surface area contributed by atoms with Crippen molar-refractivity contribution in [2.75, 3.05) is 72.7 Å². The van der Waals surface area contributed by atoms with Crippen LogP contribution >= 0.6 is 0 Å². The Morgan fingerprint density at radius 1 is 0.515 bits per heavy atom. The summed E-state index contributed by atoms with van der Waals surface area (Å²) < 4.78 is 33.2. The summed E-state index contributed by atoms with van der Waals surface area (Å²) in [4.78, 5) is 0. The second kappa shape index (κ2) is 17.1. The van der Waals surface area contributed by atoms with Crippen molar-refractivity contribution in [3.05, 3.63) is 48.0 Å². The maximum absolute atomic E-state index is 8.89. The summed E-state index contributed by atoms with van der Waals surface area (Å²) in [6.07, 6.45) is 0.592. The van der Waals surface area contributed by atoms with Crippen molar-refractivity contribution < 1.29 is 43.7 Å². The lowest BCUT2D eigenvalue weighted by Gasteiger charge is -2.14. The van der Waals surface area contributed by atoms with Crippen LogP contribution < -0.4 is 14.2 Å². The summed E-state index contributed by atoms with van der Waals surface area (Å²) >= 11 is 0. The fourth-order valence-corrected chi connectivity index (χ4v) is 2.81. The number of rotatable bonds is 19. The van der Waals surface area contributed by atoms with Crippen molar-refractivity contribution in [2.45, 2.75) is 6.42 Å². The van der Waals surface area contributed by atoms with E-state index in [2.05, 4.69) is 0 Å². The van der Waals surface area contributed by atoms with Crippen molar-refractivity contribution in [3.8, 4) is 23.0 Å². The van der Waals surface area contributed by atoms with Gasteiger partial charge in [-0.1, -0.05) is 0 Å². The van der Waals surface area contributed by atoms with Gasteiger partial charge in [-0.15, -0.1) is 0 Å². The van der Waals surface area contributed by atoms with Crippen LogP contribution in [-0.4, -0.2) is 88.0 Å². The highest BCUT2D eigenvalue weighted by Crippen LogP contribution is 2.29. The first-order chi connectivity index (χ1) is 16.3. The fraction of sp³-hybridized carbons (Fsp3) is 0.500. The number of hydrogen-bond donors (Lipinski definition) is 3. The molecule has 2 aromatic rings. The lowest BCUT2D eigenvalue weighted by Crippen LogP contribution is -2.11. The molecule has 0 atom stereocenters. The Balaban J connectivity index is 1.93. The monoisotopic (exact) mass is 466 g/mol. The molecule has 3 N–H and O–H groups in total. The Bertz CT molecular complexity index is 752. The molecule has 0 aromatic heterocycles. The third-order valence-corrected chi connectivity index (χ3v) is 4.30. The Labute approximate surface area is 194 Å². The van der Waals surface area contributed by atoms with Crippen LogP contribution in [0.5, 0.6) is 23.0 Å². The molecule has 0 radical (unpaired) electrons. The van der Waals surface area contributed by atoms with Crippen molar-refractivity contribution >= 4 is 0 Å². The van der Waals surface area contributed by atoms with Crippen LogP contribution in [-0.2, 0) is 20.6 Å². The average Bonchev–Trinajstić information content (AvgIpc) is 2.83. The predicted octanol–water partition coefficient (Wildman–Crippen LogP) is 1.81. The molecule has 2 aromatic carbocycles. The quantitative estimate of drug-likeness (QED) is 0.267. The first-order valence-corrected chi connectivity index (χ1v) is 11.0. The molecule has 9 heteroatoms.